The fraction of sp³-hybridized carbons (Fsp3) is 0.167. The molecule has 8 heteroatoms. The lowest BCUT2D eigenvalue weighted by Gasteiger charge is -2.12. The monoisotopic (exact) mass is 357 g/mol. The SMILES string of the molecule is N#Cc1ccc(C(F)(F)F)nc1NCc1nccn1Cc1ccccc1. The first kappa shape index (κ1) is 17.5. The number of nitrogens with zero attached hydrogens (tertiary/aromatic N) is 4. The van der Waals surface area contributed by atoms with E-state index in [1.807, 2.05) is 41.0 Å². The van der Waals surface area contributed by atoms with Crippen LogP contribution in [-0.4, -0.2) is 14.5 Å². The predicted octanol–water partition coefficient (Wildman–Crippen LogP) is 3.83. The lowest BCUT2D eigenvalue weighted by molar-refractivity contribution is -0.141. The van der Waals surface area contributed by atoms with E-state index in [1.165, 1.54) is 0 Å². The minimum atomic E-state index is -4.57. The van der Waals surface area contributed by atoms with E-state index in [0.717, 1.165) is 17.7 Å². The number of nitriles is 1. The lowest BCUT2D eigenvalue weighted by Crippen LogP contribution is -2.14. The van der Waals surface area contributed by atoms with Crippen LogP contribution in [-0.2, 0) is 19.3 Å². The van der Waals surface area contributed by atoms with Crippen LogP contribution in [0.3, 0.4) is 0 Å². The Morgan fingerprint density at radius 3 is 2.58 bits per heavy atom. The molecule has 2 heterocycles. The summed E-state index contributed by atoms with van der Waals surface area (Å²) in [5.74, 6) is 0.508. The maximum absolute atomic E-state index is 12.8. The summed E-state index contributed by atoms with van der Waals surface area (Å²) in [5, 5.41) is 11.9. The molecule has 0 saturated heterocycles. The molecule has 2 aromatic heterocycles. The van der Waals surface area contributed by atoms with E-state index in [2.05, 4.69) is 15.3 Å². The molecule has 0 spiro atoms. The second-order valence-corrected chi connectivity index (χ2v) is 5.51. The fourth-order valence-corrected chi connectivity index (χ4v) is 2.44. The highest BCUT2D eigenvalue weighted by molar-refractivity contribution is 5.52. The fourth-order valence-electron chi connectivity index (χ4n) is 2.44. The normalized spacial score (nSPS) is 11.2. The number of rotatable bonds is 5. The van der Waals surface area contributed by atoms with Crippen molar-refractivity contribution < 1.29 is 13.2 Å². The molecule has 0 aliphatic carbocycles. The molecule has 0 aliphatic rings. The quantitative estimate of drug-likeness (QED) is 0.754. The van der Waals surface area contributed by atoms with Gasteiger partial charge in [-0.2, -0.15) is 18.4 Å². The predicted molar refractivity (Wildman–Crippen MR) is 89.1 cm³/mol. The van der Waals surface area contributed by atoms with Gasteiger partial charge in [0, 0.05) is 18.9 Å². The second kappa shape index (κ2) is 7.27. The van der Waals surface area contributed by atoms with Crippen LogP contribution in [0.2, 0.25) is 0 Å². The summed E-state index contributed by atoms with van der Waals surface area (Å²) in [6, 6.07) is 13.5. The Balaban J connectivity index is 1.78. The van der Waals surface area contributed by atoms with Crippen LogP contribution in [0.1, 0.15) is 22.6 Å². The number of halogens is 3. The topological polar surface area (TPSA) is 66.5 Å². The molecule has 0 fully saturated rings. The number of hydrogen-bond donors (Lipinski definition) is 1. The van der Waals surface area contributed by atoms with E-state index < -0.39 is 11.9 Å². The van der Waals surface area contributed by atoms with Gasteiger partial charge in [-0.3, -0.25) is 0 Å². The minimum Gasteiger partial charge on any atom is -0.362 e. The van der Waals surface area contributed by atoms with Gasteiger partial charge in [-0.1, -0.05) is 30.3 Å². The summed E-state index contributed by atoms with van der Waals surface area (Å²) in [6.07, 6.45) is -1.17. The van der Waals surface area contributed by atoms with Gasteiger partial charge in [0.2, 0.25) is 0 Å². The Morgan fingerprint density at radius 1 is 1.12 bits per heavy atom. The first-order valence-electron chi connectivity index (χ1n) is 7.73. The highest BCUT2D eigenvalue weighted by atomic mass is 19.4. The zero-order chi connectivity index (χ0) is 18.6. The van der Waals surface area contributed by atoms with Gasteiger partial charge < -0.3 is 9.88 Å². The van der Waals surface area contributed by atoms with Gasteiger partial charge in [-0.15, -0.1) is 0 Å². The van der Waals surface area contributed by atoms with Gasteiger partial charge in [0.1, 0.15) is 23.4 Å². The number of imidazole rings is 1. The molecule has 0 saturated carbocycles. The maximum atomic E-state index is 12.8. The molecular formula is C18H14F3N5. The zero-order valence-corrected chi connectivity index (χ0v) is 13.5. The van der Waals surface area contributed by atoms with Crippen molar-refractivity contribution in [2.24, 2.45) is 0 Å². The highest BCUT2D eigenvalue weighted by Crippen LogP contribution is 2.29. The van der Waals surface area contributed by atoms with Crippen LogP contribution < -0.4 is 5.32 Å². The van der Waals surface area contributed by atoms with Crippen LogP contribution in [0.5, 0.6) is 0 Å². The molecule has 0 radical (unpaired) electrons. The number of anilines is 1. The van der Waals surface area contributed by atoms with Gasteiger partial charge in [0.25, 0.3) is 0 Å². The maximum Gasteiger partial charge on any atom is 0.433 e. The lowest BCUT2D eigenvalue weighted by atomic mass is 10.2. The van der Waals surface area contributed by atoms with Gasteiger partial charge in [0.15, 0.2) is 0 Å². The van der Waals surface area contributed by atoms with E-state index in [9.17, 15) is 13.2 Å². The molecule has 132 valence electrons. The molecule has 1 N–H and O–H groups in total. The number of aromatic nitrogens is 3. The summed E-state index contributed by atoms with van der Waals surface area (Å²) in [4.78, 5) is 7.75. The Morgan fingerprint density at radius 2 is 1.88 bits per heavy atom. The summed E-state index contributed by atoms with van der Waals surface area (Å²) in [7, 11) is 0. The standard InChI is InChI=1S/C18H14F3N5/c19-18(20,21)15-7-6-14(10-22)17(25-15)24-11-16-23-8-9-26(16)12-13-4-2-1-3-5-13/h1-9H,11-12H2,(H,24,25). The number of benzene rings is 1. The van der Waals surface area contributed by atoms with E-state index in [0.29, 0.717) is 12.4 Å². The highest BCUT2D eigenvalue weighted by Gasteiger charge is 2.33. The average Bonchev–Trinajstić information content (AvgIpc) is 3.06. The van der Waals surface area contributed by atoms with Gasteiger partial charge in [-0.25, -0.2) is 9.97 Å². The van der Waals surface area contributed by atoms with Crippen LogP contribution in [0.15, 0.2) is 54.9 Å². The van der Waals surface area contributed by atoms with Crippen molar-refractivity contribution in [2.45, 2.75) is 19.3 Å². The van der Waals surface area contributed by atoms with Crippen molar-refractivity contribution in [2.75, 3.05) is 5.32 Å². The molecule has 0 aliphatic heterocycles. The van der Waals surface area contributed by atoms with Crippen molar-refractivity contribution in [3.8, 4) is 6.07 Å². The van der Waals surface area contributed by atoms with Crippen molar-refractivity contribution >= 4 is 5.82 Å². The molecule has 0 unspecified atom stereocenters. The van der Waals surface area contributed by atoms with Crippen LogP contribution >= 0.6 is 0 Å². The zero-order valence-electron chi connectivity index (χ0n) is 13.5. The molecule has 3 aromatic rings. The largest absolute Gasteiger partial charge is 0.433 e. The van der Waals surface area contributed by atoms with Crippen molar-refractivity contribution in [3.05, 3.63) is 77.5 Å². The second-order valence-electron chi connectivity index (χ2n) is 5.51. The van der Waals surface area contributed by atoms with Gasteiger partial charge in [-0.05, 0) is 17.7 Å². The third kappa shape index (κ3) is 4.00. The molecule has 0 atom stereocenters. The first-order chi connectivity index (χ1) is 12.5. The molecular weight excluding hydrogens is 343 g/mol. The Bertz CT molecular complexity index is 926. The number of nitrogens with one attached hydrogen (secondary N) is 1. The summed E-state index contributed by atoms with van der Waals surface area (Å²) >= 11 is 0. The van der Waals surface area contributed by atoms with E-state index >= 15 is 0 Å². The molecule has 26 heavy (non-hydrogen) atoms. The van der Waals surface area contributed by atoms with E-state index in [-0.39, 0.29) is 17.9 Å². The van der Waals surface area contributed by atoms with Gasteiger partial charge in [0.05, 0.1) is 12.1 Å². The molecule has 1 aromatic carbocycles. The summed E-state index contributed by atoms with van der Waals surface area (Å²) in [6.45, 7) is 0.724. The minimum absolute atomic E-state index is 0.0409. The first-order valence-corrected chi connectivity index (χ1v) is 7.73. The summed E-state index contributed by atoms with van der Waals surface area (Å²) < 4.78 is 40.4. The Hall–Kier alpha value is -3.34. The molecule has 3 rings (SSSR count). The van der Waals surface area contributed by atoms with Crippen molar-refractivity contribution in [1.82, 2.24) is 14.5 Å². The third-order valence-electron chi connectivity index (χ3n) is 3.72. The molecule has 0 bridgehead atoms. The van der Waals surface area contributed by atoms with Crippen LogP contribution in [0.25, 0.3) is 0 Å². The van der Waals surface area contributed by atoms with Crippen LogP contribution in [0.4, 0.5) is 19.0 Å². The smallest absolute Gasteiger partial charge is 0.362 e. The Labute approximate surface area is 147 Å². The number of alkyl halides is 3. The average molecular weight is 357 g/mol. The van der Waals surface area contributed by atoms with Crippen molar-refractivity contribution in [3.63, 3.8) is 0 Å². The Kier molecular flexibility index (Phi) is 4.89. The van der Waals surface area contributed by atoms with E-state index in [4.69, 9.17) is 5.26 Å². The van der Waals surface area contributed by atoms with Crippen molar-refractivity contribution in [1.29, 1.82) is 5.26 Å². The molecule has 5 nitrogen and oxygen atoms in total. The third-order valence-corrected chi connectivity index (χ3v) is 3.72. The van der Waals surface area contributed by atoms with Crippen LogP contribution in [0, 0.1) is 11.3 Å². The summed E-state index contributed by atoms with van der Waals surface area (Å²) in [5.41, 5.74) is 0.0625. The van der Waals surface area contributed by atoms with Gasteiger partial charge >= 0.3 is 6.18 Å². The number of hydrogen-bond acceptors (Lipinski definition) is 4. The van der Waals surface area contributed by atoms with E-state index in [1.54, 1.807) is 12.4 Å². The molecule has 0 amide bonds. The number of pyridine rings is 1.